The number of hydrogen-bond acceptors (Lipinski definition) is 8. The summed E-state index contributed by atoms with van der Waals surface area (Å²) in [6.45, 7) is 10.1. The van der Waals surface area contributed by atoms with Gasteiger partial charge in [0, 0.05) is 30.5 Å². The van der Waals surface area contributed by atoms with Crippen LogP contribution < -0.4 is 21.7 Å². The highest BCUT2D eigenvalue weighted by Crippen LogP contribution is 2.13. The summed E-state index contributed by atoms with van der Waals surface area (Å²) in [7, 11) is 0. The Bertz CT molecular complexity index is 1330. The lowest BCUT2D eigenvalue weighted by Gasteiger charge is -2.27. The lowest BCUT2D eigenvalue weighted by atomic mass is 10.0. The average molecular weight is 627 g/mol. The Balaban J connectivity index is 2.13. The first-order valence-electron chi connectivity index (χ1n) is 14.2. The first-order chi connectivity index (χ1) is 20.4. The van der Waals surface area contributed by atoms with E-state index >= 15 is 0 Å². The minimum Gasteiger partial charge on any atom is -0.460 e. The maximum absolute atomic E-state index is 13.5. The van der Waals surface area contributed by atoms with Gasteiger partial charge in [0.2, 0.25) is 11.8 Å². The van der Waals surface area contributed by atoms with Crippen LogP contribution in [0.25, 0.3) is 0 Å². The zero-order valence-electron chi connectivity index (χ0n) is 26.0. The number of carbonyl (C=O) groups excluding carboxylic acids is 5. The molecule has 0 bridgehead atoms. The molecule has 0 spiro atoms. The molecule has 11 nitrogen and oxygen atoms in total. The lowest BCUT2D eigenvalue weighted by molar-refractivity contribution is -0.159. The third-order valence-corrected chi connectivity index (χ3v) is 6.04. The Morgan fingerprint density at radius 1 is 0.795 bits per heavy atom. The summed E-state index contributed by atoms with van der Waals surface area (Å²) in [5.74, 6) is -3.17. The van der Waals surface area contributed by atoms with Crippen LogP contribution in [0, 0.1) is 0 Å². The summed E-state index contributed by atoms with van der Waals surface area (Å²) in [5.41, 5.74) is 5.67. The first-order valence-corrected chi connectivity index (χ1v) is 14.6. The fourth-order valence-electron chi connectivity index (χ4n) is 3.89. The summed E-state index contributed by atoms with van der Waals surface area (Å²) in [6, 6.07) is 12.9. The fourth-order valence-corrected chi connectivity index (χ4v) is 4.03. The maximum atomic E-state index is 13.5. The molecule has 0 aliphatic carbocycles. The fraction of sp³-hybridized carbons (Fsp3) is 0.438. The van der Waals surface area contributed by atoms with E-state index in [9.17, 15) is 24.0 Å². The smallest absolute Gasteiger partial charge is 0.329 e. The Kier molecular flexibility index (Phi) is 13.0. The van der Waals surface area contributed by atoms with Gasteiger partial charge in [-0.2, -0.15) is 0 Å². The molecule has 44 heavy (non-hydrogen) atoms. The van der Waals surface area contributed by atoms with Gasteiger partial charge in [-0.3, -0.25) is 19.2 Å². The van der Waals surface area contributed by atoms with Crippen LogP contribution in [0.5, 0.6) is 0 Å². The molecule has 2 aromatic carbocycles. The van der Waals surface area contributed by atoms with Gasteiger partial charge in [0.15, 0.2) is 0 Å². The van der Waals surface area contributed by atoms with E-state index in [1.54, 1.807) is 90.1 Å². The molecule has 5 N–H and O–H groups in total. The van der Waals surface area contributed by atoms with Gasteiger partial charge in [-0.25, -0.2) is 4.79 Å². The van der Waals surface area contributed by atoms with Crippen molar-refractivity contribution in [3.63, 3.8) is 0 Å². The van der Waals surface area contributed by atoms with Crippen molar-refractivity contribution in [2.45, 2.75) is 84.1 Å². The Morgan fingerprint density at radius 2 is 1.36 bits per heavy atom. The Morgan fingerprint density at radius 3 is 1.91 bits per heavy atom. The zero-order valence-corrected chi connectivity index (χ0v) is 26.8. The van der Waals surface area contributed by atoms with Crippen molar-refractivity contribution >= 4 is 46.9 Å². The normalized spacial score (nSPS) is 12.7. The molecule has 0 heterocycles. The van der Waals surface area contributed by atoms with Crippen molar-refractivity contribution in [2.75, 3.05) is 6.54 Å². The number of nitrogens with two attached hydrogens (primary N) is 1. The van der Waals surface area contributed by atoms with Gasteiger partial charge in [-0.05, 0) is 59.2 Å². The Labute approximate surface area is 263 Å². The summed E-state index contributed by atoms with van der Waals surface area (Å²) in [5, 5.41) is 7.82. The monoisotopic (exact) mass is 626 g/mol. The van der Waals surface area contributed by atoms with Gasteiger partial charge in [0.25, 0.3) is 5.91 Å². The summed E-state index contributed by atoms with van der Waals surface area (Å²) in [4.78, 5) is 64.7. The number of nitrogens with one attached hydrogen (secondary N) is 3. The molecular weight excluding hydrogens is 584 g/mol. The third-order valence-electron chi connectivity index (χ3n) is 5.80. The highest BCUT2D eigenvalue weighted by molar-refractivity contribution is 7.80. The van der Waals surface area contributed by atoms with E-state index in [0.29, 0.717) is 11.1 Å². The van der Waals surface area contributed by atoms with E-state index in [1.165, 1.54) is 0 Å². The number of benzene rings is 2. The van der Waals surface area contributed by atoms with E-state index in [0.717, 1.165) is 5.56 Å². The van der Waals surface area contributed by atoms with Crippen LogP contribution >= 0.6 is 12.2 Å². The van der Waals surface area contributed by atoms with Gasteiger partial charge in [0.05, 0.1) is 6.42 Å². The molecule has 3 amide bonds. The molecule has 0 fully saturated rings. The Hall–Kier alpha value is -4.32. The molecule has 0 saturated heterocycles. The van der Waals surface area contributed by atoms with Crippen LogP contribution in [-0.4, -0.2) is 64.5 Å². The summed E-state index contributed by atoms with van der Waals surface area (Å²) in [6.07, 6.45) is -0.546. The number of ether oxygens (including phenoxy) is 2. The van der Waals surface area contributed by atoms with Crippen LogP contribution in [0.1, 0.15) is 75.9 Å². The first kappa shape index (κ1) is 35.9. The van der Waals surface area contributed by atoms with Crippen LogP contribution in [0.2, 0.25) is 0 Å². The maximum Gasteiger partial charge on any atom is 0.329 e. The summed E-state index contributed by atoms with van der Waals surface area (Å²) >= 11 is 4.91. The molecule has 2 atom stereocenters. The lowest BCUT2D eigenvalue weighted by Crippen LogP contribution is -2.54. The zero-order chi connectivity index (χ0) is 33.1. The second kappa shape index (κ2) is 15.9. The molecule has 0 saturated carbocycles. The molecule has 0 aliphatic heterocycles. The van der Waals surface area contributed by atoms with Crippen molar-refractivity contribution < 1.29 is 33.4 Å². The molecule has 2 rings (SSSR count). The SMILES string of the molecule is CC(C)(C)OC(=O)C[C@H](NC(=O)CCNC(=O)c1ccc(C(N)=S)cc1)C(=O)N[C@@H](Cc1ccccc1)C(=O)OC(C)(C)C. The van der Waals surface area contributed by atoms with E-state index in [1.807, 2.05) is 6.07 Å². The number of amides is 3. The van der Waals surface area contributed by atoms with Gasteiger partial charge >= 0.3 is 11.9 Å². The van der Waals surface area contributed by atoms with Crippen LogP contribution in [0.3, 0.4) is 0 Å². The number of thiocarbonyl (C=S) groups is 1. The van der Waals surface area contributed by atoms with Crippen LogP contribution in [0.4, 0.5) is 0 Å². The molecule has 0 aromatic heterocycles. The van der Waals surface area contributed by atoms with Crippen LogP contribution in [-0.2, 0) is 35.1 Å². The van der Waals surface area contributed by atoms with Gasteiger partial charge in [0.1, 0.15) is 28.3 Å². The standard InChI is InChI=1S/C32H42N4O7S/c1-31(2,3)42-26(38)19-23(35-25(37)16-17-34-28(39)22-14-12-21(13-15-22)27(33)44)29(40)36-24(30(41)43-32(4,5)6)18-20-10-8-7-9-11-20/h7-15,23-24H,16-19H2,1-6H3,(H2,33,44)(H,34,39)(H,35,37)(H,36,40)/t23-,24-/m0/s1. The third kappa shape index (κ3) is 13.3. The van der Waals surface area contributed by atoms with Crippen molar-refractivity contribution in [1.82, 2.24) is 16.0 Å². The number of hydrogen-bond donors (Lipinski definition) is 4. The second-order valence-electron chi connectivity index (χ2n) is 12.1. The van der Waals surface area contributed by atoms with Crippen molar-refractivity contribution in [1.29, 1.82) is 0 Å². The predicted molar refractivity (Wildman–Crippen MR) is 170 cm³/mol. The highest BCUT2D eigenvalue weighted by atomic mass is 32.1. The van der Waals surface area contributed by atoms with E-state index in [4.69, 9.17) is 27.4 Å². The number of carbonyl (C=O) groups is 5. The van der Waals surface area contributed by atoms with Crippen LogP contribution in [0.15, 0.2) is 54.6 Å². The van der Waals surface area contributed by atoms with Crippen molar-refractivity contribution in [3.05, 3.63) is 71.3 Å². The predicted octanol–water partition coefficient (Wildman–Crippen LogP) is 2.73. The molecule has 0 unspecified atom stereocenters. The molecule has 0 radical (unpaired) electrons. The molecule has 238 valence electrons. The molecule has 12 heteroatoms. The molecule has 0 aliphatic rings. The van der Waals surface area contributed by atoms with Gasteiger partial charge < -0.3 is 31.2 Å². The molecular formula is C32H42N4O7S. The quantitative estimate of drug-likeness (QED) is 0.193. The second-order valence-corrected chi connectivity index (χ2v) is 12.6. The topological polar surface area (TPSA) is 166 Å². The van der Waals surface area contributed by atoms with E-state index in [-0.39, 0.29) is 24.4 Å². The van der Waals surface area contributed by atoms with Crippen molar-refractivity contribution in [3.8, 4) is 0 Å². The van der Waals surface area contributed by atoms with Gasteiger partial charge in [-0.15, -0.1) is 0 Å². The number of esters is 2. The largest absolute Gasteiger partial charge is 0.460 e. The molecule has 2 aromatic rings. The van der Waals surface area contributed by atoms with E-state index in [2.05, 4.69) is 16.0 Å². The van der Waals surface area contributed by atoms with E-state index < -0.39 is 59.4 Å². The average Bonchev–Trinajstić information content (AvgIpc) is 2.90. The van der Waals surface area contributed by atoms with Gasteiger partial charge in [-0.1, -0.05) is 54.7 Å². The highest BCUT2D eigenvalue weighted by Gasteiger charge is 2.32. The van der Waals surface area contributed by atoms with Crippen molar-refractivity contribution in [2.24, 2.45) is 5.73 Å². The number of rotatable bonds is 13. The minimum absolute atomic E-state index is 0.0446. The minimum atomic E-state index is -1.36. The summed E-state index contributed by atoms with van der Waals surface area (Å²) < 4.78 is 10.9.